The first-order valence-electron chi connectivity index (χ1n) is 7.76. The van der Waals surface area contributed by atoms with Crippen LogP contribution in [0.4, 0.5) is 0 Å². The predicted molar refractivity (Wildman–Crippen MR) is 78.0 cm³/mol. The van der Waals surface area contributed by atoms with Crippen molar-refractivity contribution >= 4 is 5.91 Å². The zero-order chi connectivity index (χ0) is 14.3. The average Bonchev–Trinajstić information content (AvgIpc) is 2.38. The largest absolute Gasteiger partial charge is 0.393 e. The number of aliphatic hydroxyl groups is 1. The van der Waals surface area contributed by atoms with E-state index in [-0.39, 0.29) is 18.1 Å². The lowest BCUT2D eigenvalue weighted by atomic mass is 9.87. The fraction of sp³-hybridized carbons (Fsp3) is 0.933. The average molecular weight is 270 g/mol. The Bertz CT molecular complexity index is 267. The van der Waals surface area contributed by atoms with Crippen LogP contribution in [-0.4, -0.2) is 47.7 Å². The Morgan fingerprint density at radius 2 is 2.05 bits per heavy atom. The summed E-state index contributed by atoms with van der Waals surface area (Å²) in [6, 6.07) is 0.215. The minimum atomic E-state index is -0.117. The lowest BCUT2D eigenvalue weighted by Crippen LogP contribution is -2.39. The van der Waals surface area contributed by atoms with Crippen molar-refractivity contribution in [1.82, 2.24) is 10.2 Å². The van der Waals surface area contributed by atoms with Crippen LogP contribution < -0.4 is 5.32 Å². The highest BCUT2D eigenvalue weighted by molar-refractivity contribution is 5.76. The summed E-state index contributed by atoms with van der Waals surface area (Å²) in [5.74, 6) is 0.795. The maximum absolute atomic E-state index is 12.0. The Kier molecular flexibility index (Phi) is 7.39. The van der Waals surface area contributed by atoms with Gasteiger partial charge in [-0.15, -0.1) is 0 Å². The van der Waals surface area contributed by atoms with Gasteiger partial charge in [-0.3, -0.25) is 4.79 Å². The zero-order valence-electron chi connectivity index (χ0n) is 12.7. The van der Waals surface area contributed by atoms with Crippen molar-refractivity contribution in [1.29, 1.82) is 0 Å². The van der Waals surface area contributed by atoms with Crippen molar-refractivity contribution in [2.45, 2.75) is 65.0 Å². The van der Waals surface area contributed by atoms with Gasteiger partial charge >= 0.3 is 0 Å². The summed E-state index contributed by atoms with van der Waals surface area (Å²) in [5.41, 5.74) is 0. The van der Waals surface area contributed by atoms with Gasteiger partial charge in [0.2, 0.25) is 5.91 Å². The van der Waals surface area contributed by atoms with Gasteiger partial charge in [0.05, 0.1) is 6.10 Å². The number of carbonyl (C=O) groups excluding carboxylic acids is 1. The van der Waals surface area contributed by atoms with E-state index in [1.54, 1.807) is 0 Å². The zero-order valence-corrected chi connectivity index (χ0v) is 12.7. The molecule has 0 saturated heterocycles. The molecule has 112 valence electrons. The molecule has 3 unspecified atom stereocenters. The van der Waals surface area contributed by atoms with Gasteiger partial charge in [-0.1, -0.05) is 6.42 Å². The first kappa shape index (κ1) is 16.4. The minimum absolute atomic E-state index is 0.117. The molecule has 0 aromatic heterocycles. The maximum Gasteiger partial charge on any atom is 0.224 e. The molecule has 3 atom stereocenters. The highest BCUT2D eigenvalue weighted by Gasteiger charge is 2.21. The summed E-state index contributed by atoms with van der Waals surface area (Å²) in [7, 11) is 0. The van der Waals surface area contributed by atoms with Gasteiger partial charge in [-0.05, 0) is 52.5 Å². The van der Waals surface area contributed by atoms with Gasteiger partial charge in [-0.2, -0.15) is 0 Å². The van der Waals surface area contributed by atoms with Crippen molar-refractivity contribution in [3.8, 4) is 0 Å². The molecule has 0 bridgehead atoms. The first-order valence-corrected chi connectivity index (χ1v) is 7.76. The van der Waals surface area contributed by atoms with E-state index in [1.807, 2.05) is 18.7 Å². The summed E-state index contributed by atoms with van der Waals surface area (Å²) < 4.78 is 0. The van der Waals surface area contributed by atoms with E-state index in [2.05, 4.69) is 12.2 Å². The van der Waals surface area contributed by atoms with Gasteiger partial charge in [0.1, 0.15) is 0 Å². The van der Waals surface area contributed by atoms with Crippen LogP contribution in [-0.2, 0) is 4.79 Å². The third-order valence-corrected chi connectivity index (χ3v) is 4.11. The number of aliphatic hydroxyl groups excluding tert-OH is 1. The van der Waals surface area contributed by atoms with E-state index >= 15 is 0 Å². The molecule has 0 spiro atoms. The Morgan fingerprint density at radius 1 is 1.37 bits per heavy atom. The molecule has 19 heavy (non-hydrogen) atoms. The van der Waals surface area contributed by atoms with Crippen molar-refractivity contribution in [2.75, 3.05) is 19.6 Å². The van der Waals surface area contributed by atoms with Crippen LogP contribution in [0.3, 0.4) is 0 Å². The monoisotopic (exact) mass is 270 g/mol. The van der Waals surface area contributed by atoms with Gasteiger partial charge in [0.25, 0.3) is 0 Å². The molecule has 4 heteroatoms. The molecule has 4 nitrogen and oxygen atoms in total. The third-order valence-electron chi connectivity index (χ3n) is 4.11. The molecule has 1 saturated carbocycles. The molecule has 1 fully saturated rings. The molecule has 1 aliphatic rings. The number of carbonyl (C=O) groups is 1. The van der Waals surface area contributed by atoms with Crippen LogP contribution in [0.25, 0.3) is 0 Å². The van der Waals surface area contributed by atoms with Crippen LogP contribution in [0.5, 0.6) is 0 Å². The number of hydrogen-bond acceptors (Lipinski definition) is 3. The highest BCUT2D eigenvalue weighted by atomic mass is 16.3. The van der Waals surface area contributed by atoms with Crippen LogP contribution in [0, 0.1) is 5.92 Å². The Hall–Kier alpha value is -0.610. The summed E-state index contributed by atoms with van der Waals surface area (Å²) in [4.78, 5) is 13.8. The van der Waals surface area contributed by atoms with Crippen molar-refractivity contribution in [2.24, 2.45) is 5.92 Å². The second-order valence-corrected chi connectivity index (χ2v) is 5.77. The fourth-order valence-electron chi connectivity index (χ4n) is 2.86. The van der Waals surface area contributed by atoms with Gasteiger partial charge in [0.15, 0.2) is 0 Å². The molecule has 1 rings (SSSR count). The second-order valence-electron chi connectivity index (χ2n) is 5.77. The van der Waals surface area contributed by atoms with E-state index < -0.39 is 0 Å². The normalized spacial score (nSPS) is 25.1. The smallest absolute Gasteiger partial charge is 0.224 e. The van der Waals surface area contributed by atoms with E-state index in [4.69, 9.17) is 0 Å². The van der Waals surface area contributed by atoms with Crippen molar-refractivity contribution in [3.63, 3.8) is 0 Å². The SMILES string of the molecule is CCN(CC)C(=O)CC(C)NCC1CCCC(O)C1. The highest BCUT2D eigenvalue weighted by Crippen LogP contribution is 2.23. The number of rotatable bonds is 7. The second kappa shape index (κ2) is 8.54. The van der Waals surface area contributed by atoms with Crippen LogP contribution in [0.1, 0.15) is 52.9 Å². The summed E-state index contributed by atoms with van der Waals surface area (Å²) in [6.45, 7) is 8.60. The molecule has 0 aliphatic heterocycles. The molecule has 0 aromatic rings. The molecule has 1 amide bonds. The topological polar surface area (TPSA) is 52.6 Å². The minimum Gasteiger partial charge on any atom is -0.393 e. The lowest BCUT2D eigenvalue weighted by Gasteiger charge is -2.28. The van der Waals surface area contributed by atoms with E-state index in [0.29, 0.717) is 12.3 Å². The van der Waals surface area contributed by atoms with Gasteiger partial charge in [-0.25, -0.2) is 0 Å². The Balaban J connectivity index is 2.23. The molecule has 0 heterocycles. The fourth-order valence-corrected chi connectivity index (χ4v) is 2.86. The number of hydrogen-bond donors (Lipinski definition) is 2. The van der Waals surface area contributed by atoms with Crippen molar-refractivity contribution in [3.05, 3.63) is 0 Å². The van der Waals surface area contributed by atoms with E-state index in [1.165, 1.54) is 6.42 Å². The Morgan fingerprint density at radius 3 is 2.63 bits per heavy atom. The van der Waals surface area contributed by atoms with Crippen molar-refractivity contribution < 1.29 is 9.90 Å². The predicted octanol–water partition coefficient (Wildman–Crippen LogP) is 1.77. The molecule has 0 radical (unpaired) electrons. The lowest BCUT2D eigenvalue weighted by molar-refractivity contribution is -0.131. The Labute approximate surface area is 117 Å². The van der Waals surface area contributed by atoms with Gasteiger partial charge < -0.3 is 15.3 Å². The summed E-state index contributed by atoms with van der Waals surface area (Å²) in [5, 5.41) is 13.1. The quantitative estimate of drug-likeness (QED) is 0.741. The summed E-state index contributed by atoms with van der Waals surface area (Å²) >= 11 is 0. The number of nitrogens with one attached hydrogen (secondary N) is 1. The third kappa shape index (κ3) is 5.91. The molecule has 0 aromatic carbocycles. The van der Waals surface area contributed by atoms with E-state index in [9.17, 15) is 9.90 Å². The van der Waals surface area contributed by atoms with Crippen LogP contribution in [0.2, 0.25) is 0 Å². The van der Waals surface area contributed by atoms with E-state index in [0.717, 1.165) is 38.9 Å². The molecular weight excluding hydrogens is 240 g/mol. The standard InChI is InChI=1S/C15H30N2O2/c1-4-17(5-2)15(19)9-12(3)16-11-13-7-6-8-14(18)10-13/h12-14,16,18H,4-11H2,1-3H3. The van der Waals surface area contributed by atoms with Crippen LogP contribution in [0.15, 0.2) is 0 Å². The molecular formula is C15H30N2O2. The molecule has 1 aliphatic carbocycles. The first-order chi connectivity index (χ1) is 9.06. The van der Waals surface area contributed by atoms with Crippen LogP contribution >= 0.6 is 0 Å². The number of amides is 1. The van der Waals surface area contributed by atoms with Gasteiger partial charge in [0, 0.05) is 25.6 Å². The maximum atomic E-state index is 12.0. The number of nitrogens with zero attached hydrogens (tertiary/aromatic N) is 1. The molecule has 2 N–H and O–H groups in total. The summed E-state index contributed by atoms with van der Waals surface area (Å²) in [6.07, 6.45) is 4.63.